The Morgan fingerprint density at radius 2 is 2.38 bits per heavy atom. The Morgan fingerprint density at radius 1 is 1.69 bits per heavy atom. The fourth-order valence-electron chi connectivity index (χ4n) is 0.697. The van der Waals surface area contributed by atoms with E-state index in [4.69, 9.17) is 9.36 Å². The Kier molecular flexibility index (Phi) is 3.02. The molecular weight excluding hydrogens is 172 g/mol. The third-order valence-electron chi connectivity index (χ3n) is 1.25. The normalized spacial score (nSPS) is 10.5. The van der Waals surface area contributed by atoms with E-state index in [2.05, 4.69) is 10.6 Å². The number of hydrogen-bond donors (Lipinski definition) is 1. The van der Waals surface area contributed by atoms with Crippen molar-refractivity contribution in [3.63, 3.8) is 0 Å². The Hall–Kier alpha value is -1.36. The van der Waals surface area contributed by atoms with Crippen LogP contribution in [0, 0.1) is 6.92 Å². The highest BCUT2D eigenvalue weighted by Crippen LogP contribution is 2.00. The summed E-state index contributed by atoms with van der Waals surface area (Å²) >= 11 is 0. The van der Waals surface area contributed by atoms with Crippen LogP contribution in [-0.2, 0) is 4.84 Å². The van der Waals surface area contributed by atoms with Crippen molar-refractivity contribution in [3.8, 4) is 0 Å². The lowest BCUT2D eigenvalue weighted by atomic mass is 10.4. The first-order valence-corrected chi connectivity index (χ1v) is 3.99. The van der Waals surface area contributed by atoms with Gasteiger partial charge in [0, 0.05) is 6.07 Å². The first-order chi connectivity index (χ1) is 6.09. The predicted molar refractivity (Wildman–Crippen MR) is 44.9 cm³/mol. The average Bonchev–Trinajstić information content (AvgIpc) is 2.47. The number of carbonyl (C=O) groups excluding carboxylic acids is 1. The number of hydrogen-bond acceptors (Lipinski definition) is 4. The second-order valence-corrected chi connectivity index (χ2v) is 2.92. The van der Waals surface area contributed by atoms with Crippen LogP contribution in [0.1, 0.15) is 30.1 Å². The molecular formula is C8H12N2O3. The summed E-state index contributed by atoms with van der Waals surface area (Å²) in [6.07, 6.45) is -0.0584. The van der Waals surface area contributed by atoms with Crippen LogP contribution in [0.15, 0.2) is 10.6 Å². The molecule has 72 valence electrons. The molecule has 1 amide bonds. The van der Waals surface area contributed by atoms with Gasteiger partial charge in [0.2, 0.25) is 0 Å². The summed E-state index contributed by atoms with van der Waals surface area (Å²) in [4.78, 5) is 16.1. The maximum Gasteiger partial charge on any atom is 0.297 e. The van der Waals surface area contributed by atoms with Crippen molar-refractivity contribution in [3.05, 3.63) is 17.5 Å². The lowest BCUT2D eigenvalue weighted by molar-refractivity contribution is -0.000345. The molecule has 0 fully saturated rings. The topological polar surface area (TPSA) is 64.4 Å². The molecule has 0 spiro atoms. The molecule has 1 aromatic rings. The van der Waals surface area contributed by atoms with Crippen molar-refractivity contribution in [2.75, 3.05) is 0 Å². The summed E-state index contributed by atoms with van der Waals surface area (Å²) in [6, 6.07) is 1.54. The zero-order valence-electron chi connectivity index (χ0n) is 7.83. The van der Waals surface area contributed by atoms with E-state index in [1.54, 1.807) is 13.0 Å². The van der Waals surface area contributed by atoms with Gasteiger partial charge in [0.1, 0.15) is 5.76 Å². The molecule has 1 aromatic heterocycles. The van der Waals surface area contributed by atoms with Gasteiger partial charge in [-0.25, -0.2) is 5.48 Å². The van der Waals surface area contributed by atoms with E-state index < -0.39 is 5.91 Å². The molecule has 1 rings (SSSR count). The highest BCUT2D eigenvalue weighted by Gasteiger charge is 2.10. The minimum absolute atomic E-state index is 0.0584. The van der Waals surface area contributed by atoms with Gasteiger partial charge >= 0.3 is 0 Å². The van der Waals surface area contributed by atoms with E-state index in [0.29, 0.717) is 5.76 Å². The third kappa shape index (κ3) is 2.87. The minimum atomic E-state index is -0.398. The van der Waals surface area contributed by atoms with Crippen LogP contribution in [0.2, 0.25) is 0 Å². The minimum Gasteiger partial charge on any atom is -0.361 e. The number of hydroxylamine groups is 1. The first-order valence-electron chi connectivity index (χ1n) is 3.99. The van der Waals surface area contributed by atoms with Crippen LogP contribution in [0.3, 0.4) is 0 Å². The van der Waals surface area contributed by atoms with Crippen LogP contribution in [-0.4, -0.2) is 17.2 Å². The van der Waals surface area contributed by atoms with Gasteiger partial charge in [-0.1, -0.05) is 5.16 Å². The van der Waals surface area contributed by atoms with E-state index in [9.17, 15) is 4.79 Å². The van der Waals surface area contributed by atoms with Gasteiger partial charge in [-0.15, -0.1) is 0 Å². The summed E-state index contributed by atoms with van der Waals surface area (Å²) in [5.74, 6) is 0.195. The van der Waals surface area contributed by atoms with Gasteiger partial charge in [0.05, 0.1) is 6.10 Å². The van der Waals surface area contributed by atoms with Crippen molar-refractivity contribution in [2.24, 2.45) is 0 Å². The van der Waals surface area contributed by atoms with E-state index in [1.165, 1.54) is 0 Å². The van der Waals surface area contributed by atoms with Crippen LogP contribution >= 0.6 is 0 Å². The van der Waals surface area contributed by atoms with Crippen molar-refractivity contribution >= 4 is 5.91 Å². The van der Waals surface area contributed by atoms with Crippen LogP contribution in [0.4, 0.5) is 0 Å². The maximum absolute atomic E-state index is 11.2. The molecule has 0 aliphatic heterocycles. The van der Waals surface area contributed by atoms with Crippen molar-refractivity contribution in [1.82, 2.24) is 10.6 Å². The molecule has 0 aliphatic carbocycles. The molecule has 5 heteroatoms. The molecule has 1 heterocycles. The van der Waals surface area contributed by atoms with Gasteiger partial charge in [-0.05, 0) is 20.8 Å². The van der Waals surface area contributed by atoms with Crippen LogP contribution in [0.5, 0.6) is 0 Å². The zero-order chi connectivity index (χ0) is 9.84. The predicted octanol–water partition coefficient (Wildman–Crippen LogP) is 1.05. The van der Waals surface area contributed by atoms with Crippen molar-refractivity contribution in [2.45, 2.75) is 26.9 Å². The molecule has 13 heavy (non-hydrogen) atoms. The number of carbonyl (C=O) groups is 1. The van der Waals surface area contributed by atoms with E-state index in [1.807, 2.05) is 13.8 Å². The van der Waals surface area contributed by atoms with Gasteiger partial charge < -0.3 is 4.52 Å². The SMILES string of the molecule is Cc1cc(C(=O)NOC(C)C)no1. The van der Waals surface area contributed by atoms with E-state index >= 15 is 0 Å². The van der Waals surface area contributed by atoms with Gasteiger partial charge in [0.25, 0.3) is 5.91 Å². The summed E-state index contributed by atoms with van der Waals surface area (Å²) in [5, 5.41) is 3.53. The largest absolute Gasteiger partial charge is 0.361 e. The van der Waals surface area contributed by atoms with Crippen LogP contribution in [0.25, 0.3) is 0 Å². The molecule has 0 aliphatic rings. The van der Waals surface area contributed by atoms with Crippen molar-refractivity contribution < 1.29 is 14.2 Å². The third-order valence-corrected chi connectivity index (χ3v) is 1.25. The first kappa shape index (κ1) is 9.73. The number of aromatic nitrogens is 1. The lowest BCUT2D eigenvalue weighted by Crippen LogP contribution is -2.27. The Labute approximate surface area is 76.0 Å². The molecule has 0 bridgehead atoms. The fourth-order valence-corrected chi connectivity index (χ4v) is 0.697. The average molecular weight is 184 g/mol. The second-order valence-electron chi connectivity index (χ2n) is 2.92. The lowest BCUT2D eigenvalue weighted by Gasteiger charge is -2.05. The van der Waals surface area contributed by atoms with E-state index in [0.717, 1.165) is 0 Å². The summed E-state index contributed by atoms with van der Waals surface area (Å²) < 4.78 is 4.73. The highest BCUT2D eigenvalue weighted by atomic mass is 16.7. The summed E-state index contributed by atoms with van der Waals surface area (Å²) in [7, 11) is 0. The highest BCUT2D eigenvalue weighted by molar-refractivity contribution is 5.91. The molecule has 0 unspecified atom stereocenters. The summed E-state index contributed by atoms with van der Waals surface area (Å²) in [5.41, 5.74) is 2.47. The number of aryl methyl sites for hydroxylation is 1. The smallest absolute Gasteiger partial charge is 0.297 e. The number of nitrogens with zero attached hydrogens (tertiary/aromatic N) is 1. The second kappa shape index (κ2) is 4.04. The molecule has 5 nitrogen and oxygen atoms in total. The molecule has 0 radical (unpaired) electrons. The molecule has 0 saturated carbocycles. The molecule has 1 N–H and O–H groups in total. The maximum atomic E-state index is 11.2. The molecule has 0 saturated heterocycles. The number of rotatable bonds is 3. The molecule has 0 atom stereocenters. The van der Waals surface area contributed by atoms with Crippen molar-refractivity contribution in [1.29, 1.82) is 0 Å². The van der Waals surface area contributed by atoms with Gasteiger partial charge in [-0.2, -0.15) is 0 Å². The van der Waals surface area contributed by atoms with Crippen LogP contribution < -0.4 is 5.48 Å². The fraction of sp³-hybridized carbons (Fsp3) is 0.500. The Bertz CT molecular complexity index is 293. The molecule has 0 aromatic carbocycles. The number of nitrogens with one attached hydrogen (secondary N) is 1. The Balaban J connectivity index is 2.49. The van der Waals surface area contributed by atoms with Gasteiger partial charge in [0.15, 0.2) is 5.69 Å². The summed E-state index contributed by atoms with van der Waals surface area (Å²) in [6.45, 7) is 5.34. The quantitative estimate of drug-likeness (QED) is 0.713. The zero-order valence-corrected chi connectivity index (χ0v) is 7.83. The number of amides is 1. The van der Waals surface area contributed by atoms with E-state index in [-0.39, 0.29) is 11.8 Å². The Morgan fingerprint density at radius 3 is 2.85 bits per heavy atom. The van der Waals surface area contributed by atoms with Gasteiger partial charge in [-0.3, -0.25) is 9.63 Å². The monoisotopic (exact) mass is 184 g/mol. The standard InChI is InChI=1S/C8H12N2O3/c1-5(2)12-10-8(11)7-4-6(3)13-9-7/h4-5H,1-3H3,(H,10,11).